The van der Waals surface area contributed by atoms with Crippen molar-refractivity contribution in [2.45, 2.75) is 29.0 Å². The molecule has 0 fully saturated rings. The Labute approximate surface area is 184 Å². The molecule has 1 unspecified atom stereocenters. The van der Waals surface area contributed by atoms with Gasteiger partial charge >= 0.3 is 0 Å². The van der Waals surface area contributed by atoms with Crippen LogP contribution in [0.15, 0.2) is 77.7 Å². The average molecular weight is 448 g/mol. The van der Waals surface area contributed by atoms with Gasteiger partial charge in [-0.2, -0.15) is 0 Å². The highest BCUT2D eigenvalue weighted by Gasteiger charge is 2.40. The fraction of sp³-hybridized carbons (Fsp3) is 0.217. The van der Waals surface area contributed by atoms with Gasteiger partial charge in [0.1, 0.15) is 9.96 Å². The average Bonchev–Trinajstić information content (AvgIpc) is 2.73. The monoisotopic (exact) mass is 447 g/mol. The van der Waals surface area contributed by atoms with E-state index in [-0.39, 0.29) is 0 Å². The van der Waals surface area contributed by atoms with Crippen LogP contribution in [0.2, 0.25) is 5.02 Å². The number of benzene rings is 3. The fourth-order valence-electron chi connectivity index (χ4n) is 3.02. The largest absolute Gasteiger partial charge is 0.497 e. The molecule has 3 rings (SSSR count). The number of nitrogens with one attached hydrogen (secondary N) is 1. The van der Waals surface area contributed by atoms with Gasteiger partial charge in [-0.25, -0.2) is 0 Å². The minimum atomic E-state index is -1.47. The second kappa shape index (κ2) is 9.21. The Morgan fingerprint density at radius 1 is 0.966 bits per heavy atom. The van der Waals surface area contributed by atoms with Crippen LogP contribution in [0.5, 0.6) is 5.75 Å². The summed E-state index contributed by atoms with van der Waals surface area (Å²) in [5.74, 6) is 0.760. The molecular formula is C23H23Cl2NO2S. The van der Waals surface area contributed by atoms with Crippen LogP contribution in [-0.4, -0.2) is 15.5 Å². The first-order valence-corrected chi connectivity index (χ1v) is 11.1. The van der Waals surface area contributed by atoms with Crippen molar-refractivity contribution in [1.29, 1.82) is 0 Å². The molecule has 3 aromatic carbocycles. The van der Waals surface area contributed by atoms with Crippen molar-refractivity contribution in [3.05, 3.63) is 88.9 Å². The lowest BCUT2D eigenvalue weighted by Crippen LogP contribution is -2.36. The van der Waals surface area contributed by atoms with Gasteiger partial charge in [0.25, 0.3) is 0 Å². The summed E-state index contributed by atoms with van der Waals surface area (Å²) in [5, 5.41) is 4.08. The summed E-state index contributed by atoms with van der Waals surface area (Å²) in [6.07, 6.45) is 0. The molecule has 0 saturated carbocycles. The minimum Gasteiger partial charge on any atom is -0.497 e. The van der Waals surface area contributed by atoms with Crippen molar-refractivity contribution in [3.8, 4) is 5.75 Å². The Morgan fingerprint density at radius 3 is 2.10 bits per heavy atom. The number of anilines is 1. The van der Waals surface area contributed by atoms with Crippen molar-refractivity contribution in [2.75, 3.05) is 12.4 Å². The van der Waals surface area contributed by atoms with Gasteiger partial charge in [-0.05, 0) is 67.9 Å². The highest BCUT2D eigenvalue weighted by Crippen LogP contribution is 2.40. The van der Waals surface area contributed by atoms with E-state index in [1.54, 1.807) is 26.2 Å². The molecule has 0 aliphatic rings. The number of ether oxygens (including phenoxy) is 1. The van der Waals surface area contributed by atoms with E-state index in [4.69, 9.17) is 27.9 Å². The predicted molar refractivity (Wildman–Crippen MR) is 123 cm³/mol. The highest BCUT2D eigenvalue weighted by molar-refractivity contribution is 7.88. The van der Waals surface area contributed by atoms with E-state index in [2.05, 4.69) is 5.32 Å². The van der Waals surface area contributed by atoms with Gasteiger partial charge < -0.3 is 10.1 Å². The second-order valence-electron chi connectivity index (χ2n) is 6.93. The Hall–Kier alpha value is -2.01. The number of aryl methyl sites for hydroxylation is 1. The Morgan fingerprint density at radius 2 is 1.55 bits per heavy atom. The Balaban J connectivity index is 1.98. The summed E-state index contributed by atoms with van der Waals surface area (Å²) in [6, 6.07) is 22.1. The number of hydrogen-bond acceptors (Lipinski definition) is 3. The quantitative estimate of drug-likeness (QED) is 0.416. The Bertz CT molecular complexity index is 971. The van der Waals surface area contributed by atoms with Crippen LogP contribution in [-0.2, 0) is 10.8 Å². The fourth-order valence-corrected chi connectivity index (χ4v) is 4.85. The third kappa shape index (κ3) is 5.13. The van der Waals surface area contributed by atoms with Crippen LogP contribution in [0.25, 0.3) is 0 Å². The summed E-state index contributed by atoms with van der Waals surface area (Å²) in [6.45, 7) is 3.79. The van der Waals surface area contributed by atoms with Gasteiger partial charge in [-0.1, -0.05) is 41.4 Å². The summed E-state index contributed by atoms with van der Waals surface area (Å²) >= 11 is 13.1. The third-order valence-corrected chi connectivity index (χ3v) is 7.27. The smallest absolute Gasteiger partial charge is 0.145 e. The zero-order chi connectivity index (χ0) is 21.0. The summed E-state index contributed by atoms with van der Waals surface area (Å²) in [5.41, 5.74) is 2.84. The van der Waals surface area contributed by atoms with Crippen LogP contribution >= 0.6 is 23.2 Å². The van der Waals surface area contributed by atoms with Crippen molar-refractivity contribution in [3.63, 3.8) is 0 Å². The molecular weight excluding hydrogens is 425 g/mol. The van der Waals surface area contributed by atoms with Gasteiger partial charge in [-0.3, -0.25) is 4.21 Å². The molecule has 29 heavy (non-hydrogen) atoms. The zero-order valence-corrected chi connectivity index (χ0v) is 18.8. The highest BCUT2D eigenvalue weighted by atomic mass is 35.5. The molecule has 152 valence electrons. The van der Waals surface area contributed by atoms with Gasteiger partial charge in [0.15, 0.2) is 0 Å². The molecule has 0 aliphatic carbocycles. The summed E-state index contributed by atoms with van der Waals surface area (Å²) in [4.78, 5) is 0.684. The topological polar surface area (TPSA) is 38.3 Å². The SMILES string of the molecule is COc1ccc(N[C@H](c2ccc(Cl)cc2)[C@@](C)(Cl)S(=O)c2ccc(C)cc2)cc1. The zero-order valence-electron chi connectivity index (χ0n) is 16.5. The van der Waals surface area contributed by atoms with Crippen molar-refractivity contribution in [1.82, 2.24) is 0 Å². The standard InChI is InChI=1S/C23H23Cl2NO2S/c1-16-4-14-21(15-5-16)29(27)23(2,25)22(17-6-8-18(24)9-7-17)26-19-10-12-20(28-3)13-11-19/h4-15,22,26H,1-3H3/t22-,23+,29?/m1/s1. The number of hydrogen-bond donors (Lipinski definition) is 1. The maximum absolute atomic E-state index is 13.4. The number of alkyl halides is 1. The second-order valence-corrected chi connectivity index (χ2v) is 10.2. The summed E-state index contributed by atoms with van der Waals surface area (Å²) in [7, 11) is 0.152. The lowest BCUT2D eigenvalue weighted by Gasteiger charge is -2.33. The van der Waals surface area contributed by atoms with Crippen LogP contribution in [0.3, 0.4) is 0 Å². The van der Waals surface area contributed by atoms with Gasteiger partial charge in [0.05, 0.1) is 24.0 Å². The lowest BCUT2D eigenvalue weighted by molar-refractivity contribution is 0.415. The maximum Gasteiger partial charge on any atom is 0.145 e. The van der Waals surface area contributed by atoms with Crippen molar-refractivity contribution < 1.29 is 8.95 Å². The minimum absolute atomic E-state index is 0.433. The first-order valence-electron chi connectivity index (χ1n) is 9.15. The van der Waals surface area contributed by atoms with E-state index in [0.717, 1.165) is 22.6 Å². The molecule has 6 heteroatoms. The van der Waals surface area contributed by atoms with E-state index in [0.29, 0.717) is 9.92 Å². The van der Waals surface area contributed by atoms with Crippen LogP contribution in [0, 0.1) is 6.92 Å². The Kier molecular flexibility index (Phi) is 6.89. The molecule has 0 amide bonds. The normalized spacial score (nSPS) is 15.2. The first-order chi connectivity index (χ1) is 13.8. The molecule has 0 spiro atoms. The molecule has 3 aromatic rings. The molecule has 0 saturated heterocycles. The molecule has 0 heterocycles. The van der Waals surface area contributed by atoms with E-state index in [1.807, 2.05) is 67.6 Å². The molecule has 1 N–H and O–H groups in total. The van der Waals surface area contributed by atoms with E-state index in [9.17, 15) is 4.21 Å². The van der Waals surface area contributed by atoms with Crippen LogP contribution in [0.1, 0.15) is 24.1 Å². The third-order valence-electron chi connectivity index (χ3n) is 4.72. The van der Waals surface area contributed by atoms with Crippen molar-refractivity contribution in [2.24, 2.45) is 0 Å². The number of methoxy groups -OCH3 is 1. The summed E-state index contributed by atoms with van der Waals surface area (Å²) < 4.78 is 17.5. The molecule has 0 aromatic heterocycles. The van der Waals surface area contributed by atoms with Gasteiger partial charge in [0.2, 0.25) is 0 Å². The molecule has 0 radical (unpaired) electrons. The predicted octanol–water partition coefficient (Wildman–Crippen LogP) is 6.57. The van der Waals surface area contributed by atoms with Crippen LogP contribution in [0.4, 0.5) is 5.69 Å². The molecule has 0 aliphatic heterocycles. The number of halogens is 2. The molecule has 3 atom stereocenters. The molecule has 3 nitrogen and oxygen atoms in total. The lowest BCUT2D eigenvalue weighted by atomic mass is 10.0. The first kappa shape index (κ1) is 21.7. The molecule has 0 bridgehead atoms. The van der Waals surface area contributed by atoms with Crippen LogP contribution < -0.4 is 10.1 Å². The number of rotatable bonds is 7. The van der Waals surface area contributed by atoms with E-state index >= 15 is 0 Å². The van der Waals surface area contributed by atoms with Gasteiger partial charge in [0, 0.05) is 15.6 Å². The maximum atomic E-state index is 13.4. The van der Waals surface area contributed by atoms with Gasteiger partial charge in [-0.15, -0.1) is 11.6 Å². The van der Waals surface area contributed by atoms with E-state index in [1.165, 1.54) is 0 Å². The van der Waals surface area contributed by atoms with E-state index < -0.39 is 21.0 Å². The van der Waals surface area contributed by atoms with Crippen molar-refractivity contribution >= 4 is 39.7 Å².